The second-order valence-corrected chi connectivity index (χ2v) is 5.76. The largest absolute Gasteiger partial charge is 0.353 e. The number of hydrogen-bond acceptors (Lipinski definition) is 3. The molecule has 0 spiro atoms. The quantitative estimate of drug-likeness (QED) is 0.684. The van der Waals surface area contributed by atoms with Crippen LogP contribution in [0.3, 0.4) is 0 Å². The molecule has 2 rings (SSSR count). The smallest absolute Gasteiger partial charge is 0.158 e. The first-order valence-corrected chi connectivity index (χ1v) is 7.23. The Bertz CT molecular complexity index is 210. The Balaban J connectivity index is 1.65. The average molecular weight is 241 g/mol. The molecule has 2 aliphatic rings. The lowest BCUT2D eigenvalue weighted by atomic mass is 10.1. The maximum Gasteiger partial charge on any atom is 0.158 e. The van der Waals surface area contributed by atoms with Gasteiger partial charge in [-0.3, -0.25) is 0 Å². The molecule has 1 aliphatic heterocycles. The molecule has 1 heterocycles. The van der Waals surface area contributed by atoms with Gasteiger partial charge in [-0.2, -0.15) is 0 Å². The van der Waals surface area contributed by atoms with Crippen LogP contribution >= 0.6 is 0 Å². The van der Waals surface area contributed by atoms with Gasteiger partial charge in [0.25, 0.3) is 0 Å². The maximum absolute atomic E-state index is 5.61. The molecule has 17 heavy (non-hydrogen) atoms. The van der Waals surface area contributed by atoms with Gasteiger partial charge in [-0.15, -0.1) is 0 Å². The highest BCUT2D eigenvalue weighted by Gasteiger charge is 2.29. The fourth-order valence-corrected chi connectivity index (χ4v) is 2.32. The molecule has 3 heteroatoms. The lowest BCUT2D eigenvalue weighted by Gasteiger charge is -2.27. The van der Waals surface area contributed by atoms with E-state index in [1.807, 2.05) is 0 Å². The summed E-state index contributed by atoms with van der Waals surface area (Å²) in [5.41, 5.74) is 0. The lowest BCUT2D eigenvalue weighted by molar-refractivity contribution is -0.182. The zero-order valence-corrected chi connectivity index (χ0v) is 11.4. The van der Waals surface area contributed by atoms with Crippen molar-refractivity contribution in [3.63, 3.8) is 0 Å². The molecule has 0 N–H and O–H groups in total. The van der Waals surface area contributed by atoms with Gasteiger partial charge >= 0.3 is 0 Å². The molecule has 0 aromatic rings. The van der Waals surface area contributed by atoms with Crippen molar-refractivity contribution in [1.29, 1.82) is 0 Å². The molecule has 0 aromatic carbocycles. The van der Waals surface area contributed by atoms with Crippen LogP contribution in [0.15, 0.2) is 0 Å². The molecule has 2 fully saturated rings. The monoisotopic (exact) mass is 241 g/mol. The van der Waals surface area contributed by atoms with Crippen molar-refractivity contribution < 1.29 is 9.47 Å². The Morgan fingerprint density at radius 2 is 1.82 bits per heavy atom. The fraction of sp³-hybridized carbons (Fsp3) is 1.00. The van der Waals surface area contributed by atoms with Crippen molar-refractivity contribution in [2.45, 2.75) is 58.3 Å². The van der Waals surface area contributed by atoms with Crippen molar-refractivity contribution in [2.75, 3.05) is 26.3 Å². The summed E-state index contributed by atoms with van der Waals surface area (Å²) in [6.45, 7) is 8.74. The standard InChI is InChI=1S/C14H27NO2/c1-12(2)6-8-15(13-4-5-13)9-7-14-16-10-3-11-17-14/h12-14H,3-11H2,1-2H3. The van der Waals surface area contributed by atoms with Crippen LogP contribution in [0, 0.1) is 5.92 Å². The molecule has 1 aliphatic carbocycles. The molecule has 0 bridgehead atoms. The van der Waals surface area contributed by atoms with E-state index in [2.05, 4.69) is 18.7 Å². The Morgan fingerprint density at radius 3 is 2.41 bits per heavy atom. The Kier molecular flexibility index (Phi) is 5.26. The molecule has 0 radical (unpaired) electrons. The second kappa shape index (κ2) is 6.72. The van der Waals surface area contributed by atoms with Crippen LogP contribution in [0.1, 0.15) is 46.0 Å². The summed E-state index contributed by atoms with van der Waals surface area (Å²) in [4.78, 5) is 2.64. The topological polar surface area (TPSA) is 21.7 Å². The number of ether oxygens (including phenoxy) is 2. The van der Waals surface area contributed by atoms with E-state index in [0.29, 0.717) is 0 Å². The second-order valence-electron chi connectivity index (χ2n) is 5.76. The highest BCUT2D eigenvalue weighted by Crippen LogP contribution is 2.28. The van der Waals surface area contributed by atoms with Crippen LogP contribution in [0.2, 0.25) is 0 Å². The molecular weight excluding hydrogens is 214 g/mol. The van der Waals surface area contributed by atoms with Gasteiger partial charge in [0.2, 0.25) is 0 Å². The Hall–Kier alpha value is -0.120. The van der Waals surface area contributed by atoms with Crippen molar-refractivity contribution in [3.05, 3.63) is 0 Å². The fourth-order valence-electron chi connectivity index (χ4n) is 2.32. The zero-order valence-electron chi connectivity index (χ0n) is 11.4. The summed E-state index contributed by atoms with van der Waals surface area (Å²) in [5, 5.41) is 0. The summed E-state index contributed by atoms with van der Waals surface area (Å²) in [6, 6.07) is 0.859. The number of nitrogens with zero attached hydrogens (tertiary/aromatic N) is 1. The molecule has 0 aromatic heterocycles. The van der Waals surface area contributed by atoms with Gasteiger partial charge in [-0.1, -0.05) is 13.8 Å². The molecule has 0 amide bonds. The van der Waals surface area contributed by atoms with Gasteiger partial charge < -0.3 is 14.4 Å². The van der Waals surface area contributed by atoms with Crippen LogP contribution in [0.4, 0.5) is 0 Å². The minimum Gasteiger partial charge on any atom is -0.353 e. The van der Waals surface area contributed by atoms with E-state index in [4.69, 9.17) is 9.47 Å². The van der Waals surface area contributed by atoms with Gasteiger partial charge in [-0.05, 0) is 38.1 Å². The van der Waals surface area contributed by atoms with Crippen molar-refractivity contribution in [3.8, 4) is 0 Å². The lowest BCUT2D eigenvalue weighted by Crippen LogP contribution is -2.34. The highest BCUT2D eigenvalue weighted by molar-refractivity contribution is 4.84. The predicted molar refractivity (Wildman–Crippen MR) is 69.0 cm³/mol. The van der Waals surface area contributed by atoms with E-state index in [9.17, 15) is 0 Å². The van der Waals surface area contributed by atoms with Gasteiger partial charge in [-0.25, -0.2) is 0 Å². The average Bonchev–Trinajstić information content (AvgIpc) is 3.14. The van der Waals surface area contributed by atoms with Crippen molar-refractivity contribution in [2.24, 2.45) is 5.92 Å². The Labute approximate surface area is 105 Å². The first-order valence-electron chi connectivity index (χ1n) is 7.23. The SMILES string of the molecule is CC(C)CCN(CCC1OCCCO1)C1CC1. The Morgan fingerprint density at radius 1 is 1.12 bits per heavy atom. The van der Waals surface area contributed by atoms with Gasteiger partial charge in [0.1, 0.15) is 0 Å². The predicted octanol–water partition coefficient (Wildman–Crippen LogP) is 2.65. The molecule has 3 nitrogen and oxygen atoms in total. The maximum atomic E-state index is 5.61. The number of hydrogen-bond donors (Lipinski definition) is 0. The van der Waals surface area contributed by atoms with Crippen molar-refractivity contribution in [1.82, 2.24) is 4.90 Å². The van der Waals surface area contributed by atoms with E-state index < -0.39 is 0 Å². The highest BCUT2D eigenvalue weighted by atomic mass is 16.7. The van der Waals surface area contributed by atoms with Gasteiger partial charge in [0.15, 0.2) is 6.29 Å². The molecule has 1 saturated carbocycles. The normalized spacial score (nSPS) is 22.6. The van der Waals surface area contributed by atoms with Gasteiger partial charge in [0.05, 0.1) is 13.2 Å². The first-order chi connectivity index (χ1) is 8.25. The van der Waals surface area contributed by atoms with E-state index in [0.717, 1.165) is 44.6 Å². The summed E-state index contributed by atoms with van der Waals surface area (Å²) in [7, 11) is 0. The van der Waals surface area contributed by atoms with E-state index in [-0.39, 0.29) is 6.29 Å². The molecule has 100 valence electrons. The zero-order chi connectivity index (χ0) is 12.1. The first kappa shape index (κ1) is 13.3. The van der Waals surface area contributed by atoms with E-state index >= 15 is 0 Å². The summed E-state index contributed by atoms with van der Waals surface area (Å²) in [5.74, 6) is 0.804. The molecule has 1 saturated heterocycles. The third-order valence-corrected chi connectivity index (χ3v) is 3.61. The molecule has 0 atom stereocenters. The van der Waals surface area contributed by atoms with Crippen LogP contribution in [-0.4, -0.2) is 43.5 Å². The van der Waals surface area contributed by atoms with E-state index in [1.165, 1.54) is 25.8 Å². The molecule has 0 unspecified atom stereocenters. The van der Waals surface area contributed by atoms with E-state index in [1.54, 1.807) is 0 Å². The minimum atomic E-state index is 0.0593. The van der Waals surface area contributed by atoms with Crippen molar-refractivity contribution >= 4 is 0 Å². The summed E-state index contributed by atoms with van der Waals surface area (Å²) >= 11 is 0. The minimum absolute atomic E-state index is 0.0593. The van der Waals surface area contributed by atoms with Crippen LogP contribution in [-0.2, 0) is 9.47 Å². The third kappa shape index (κ3) is 4.94. The van der Waals surface area contributed by atoms with Gasteiger partial charge in [0, 0.05) is 19.0 Å². The van der Waals surface area contributed by atoms with Crippen LogP contribution in [0.5, 0.6) is 0 Å². The molecular formula is C14H27NO2. The van der Waals surface area contributed by atoms with Crippen LogP contribution < -0.4 is 0 Å². The third-order valence-electron chi connectivity index (χ3n) is 3.61. The number of rotatable bonds is 7. The summed E-state index contributed by atoms with van der Waals surface area (Å²) in [6.07, 6.45) is 6.24. The summed E-state index contributed by atoms with van der Waals surface area (Å²) < 4.78 is 11.2. The van der Waals surface area contributed by atoms with Crippen LogP contribution in [0.25, 0.3) is 0 Å².